The van der Waals surface area contributed by atoms with Gasteiger partial charge in [0, 0.05) is 30.6 Å². The van der Waals surface area contributed by atoms with E-state index in [1.807, 2.05) is 24.3 Å². The van der Waals surface area contributed by atoms with Crippen molar-refractivity contribution < 1.29 is 19.4 Å². The molecule has 6 rings (SSSR count). The zero-order valence-corrected chi connectivity index (χ0v) is 19.7. The number of likely N-dealkylation sites (tertiary alicyclic amines) is 1. The highest BCUT2D eigenvalue weighted by molar-refractivity contribution is 6.30. The molecule has 5 fully saturated rings. The fourth-order valence-electron chi connectivity index (χ4n) is 7.60. The first kappa shape index (κ1) is 21.4. The molecule has 6 atom stereocenters. The van der Waals surface area contributed by atoms with Crippen LogP contribution in [0.5, 0.6) is 0 Å². The van der Waals surface area contributed by atoms with E-state index in [0.29, 0.717) is 29.7 Å². The number of carbonyl (C=O) groups excluding carboxylic acids is 1. The molecule has 1 spiro atoms. The maximum atomic E-state index is 12.9. The summed E-state index contributed by atoms with van der Waals surface area (Å²) < 4.78 is 12.0. The van der Waals surface area contributed by atoms with E-state index in [1.54, 1.807) is 0 Å². The standard InChI is InChI=1S/C26H34ClNO4/c1-24-7-2-8-26(16-31-26)22(24)13-19-20(23(29)32-21(19)14-24)15-28-11-9-25(30,10-12-28)17-3-5-18(27)6-4-17/h3-6,19-22,30H,2,7-16H2,1H3/t19-,20-,21-,22-,24-,26+/m1/s1. The van der Waals surface area contributed by atoms with Crippen LogP contribution in [-0.4, -0.2) is 53.9 Å². The Balaban J connectivity index is 1.13. The smallest absolute Gasteiger partial charge is 0.310 e. The van der Waals surface area contributed by atoms with Crippen molar-refractivity contribution in [1.82, 2.24) is 4.90 Å². The number of halogens is 1. The molecule has 2 saturated carbocycles. The molecule has 1 aromatic carbocycles. The third kappa shape index (κ3) is 3.43. The summed E-state index contributed by atoms with van der Waals surface area (Å²) >= 11 is 6.02. The van der Waals surface area contributed by atoms with Gasteiger partial charge in [-0.3, -0.25) is 4.79 Å². The molecule has 1 aromatic rings. The number of nitrogens with zero attached hydrogens (tertiary/aromatic N) is 1. The third-order valence-electron chi connectivity index (χ3n) is 9.60. The molecule has 0 aromatic heterocycles. The first-order valence-electron chi connectivity index (χ1n) is 12.4. The van der Waals surface area contributed by atoms with Crippen LogP contribution in [0, 0.1) is 23.2 Å². The molecule has 2 aliphatic carbocycles. The number of epoxide rings is 1. The number of carbonyl (C=O) groups is 1. The molecule has 3 heterocycles. The van der Waals surface area contributed by atoms with E-state index in [4.69, 9.17) is 21.1 Å². The second-order valence-corrected chi connectivity index (χ2v) is 11.9. The molecule has 3 aliphatic heterocycles. The average molecular weight is 460 g/mol. The minimum Gasteiger partial charge on any atom is -0.462 e. The van der Waals surface area contributed by atoms with Crippen molar-refractivity contribution in [3.05, 3.63) is 34.9 Å². The number of fused-ring (bicyclic) bond motifs is 3. The first-order valence-corrected chi connectivity index (χ1v) is 12.7. The summed E-state index contributed by atoms with van der Waals surface area (Å²) in [4.78, 5) is 15.3. The molecular formula is C26H34ClNO4. The number of ether oxygens (including phenoxy) is 2. The summed E-state index contributed by atoms with van der Waals surface area (Å²) in [7, 11) is 0. The van der Waals surface area contributed by atoms with E-state index in [1.165, 1.54) is 19.3 Å². The van der Waals surface area contributed by atoms with Gasteiger partial charge in [-0.25, -0.2) is 0 Å². The van der Waals surface area contributed by atoms with Crippen molar-refractivity contribution in [2.45, 2.75) is 69.2 Å². The van der Waals surface area contributed by atoms with E-state index >= 15 is 0 Å². The second-order valence-electron chi connectivity index (χ2n) is 11.4. The predicted molar refractivity (Wildman–Crippen MR) is 121 cm³/mol. The maximum absolute atomic E-state index is 12.9. The molecule has 5 aliphatic rings. The predicted octanol–water partition coefficient (Wildman–Crippen LogP) is 4.15. The normalized spacial score (nSPS) is 42.9. The molecule has 0 bridgehead atoms. The number of aliphatic hydroxyl groups is 1. The van der Waals surface area contributed by atoms with E-state index in [2.05, 4.69) is 11.8 Å². The topological polar surface area (TPSA) is 62.3 Å². The number of hydrogen-bond donors (Lipinski definition) is 1. The quantitative estimate of drug-likeness (QED) is 0.543. The summed E-state index contributed by atoms with van der Waals surface area (Å²) in [5, 5.41) is 11.9. The number of rotatable bonds is 3. The van der Waals surface area contributed by atoms with E-state index in [9.17, 15) is 9.90 Å². The number of benzene rings is 1. The molecule has 0 unspecified atom stereocenters. The van der Waals surface area contributed by atoms with Crippen LogP contribution in [0.1, 0.15) is 57.4 Å². The fraction of sp³-hybridized carbons (Fsp3) is 0.731. The highest BCUT2D eigenvalue weighted by Crippen LogP contribution is 2.62. The highest BCUT2D eigenvalue weighted by atomic mass is 35.5. The Labute approximate surface area is 195 Å². The lowest BCUT2D eigenvalue weighted by molar-refractivity contribution is -0.147. The third-order valence-corrected chi connectivity index (χ3v) is 9.85. The Bertz CT molecular complexity index is 892. The van der Waals surface area contributed by atoms with Crippen molar-refractivity contribution in [3.63, 3.8) is 0 Å². The molecule has 0 amide bonds. The maximum Gasteiger partial charge on any atom is 0.310 e. The average Bonchev–Trinajstić information content (AvgIpc) is 3.47. The molecule has 5 nitrogen and oxygen atoms in total. The SMILES string of the molecule is C[C@]12CCC[C@]3(CO3)[C@@H]1C[C@H]1[C@@H](C2)OC(=O)[C@@H]1CN1CCC(O)(c2ccc(Cl)cc2)CC1. The number of piperidine rings is 1. The van der Waals surface area contributed by atoms with Crippen LogP contribution in [0.2, 0.25) is 5.02 Å². The van der Waals surface area contributed by atoms with Crippen LogP contribution in [0.3, 0.4) is 0 Å². The van der Waals surface area contributed by atoms with Crippen LogP contribution < -0.4 is 0 Å². The van der Waals surface area contributed by atoms with Crippen LogP contribution in [0.15, 0.2) is 24.3 Å². The fourth-order valence-corrected chi connectivity index (χ4v) is 7.72. The van der Waals surface area contributed by atoms with Gasteiger partial charge < -0.3 is 19.5 Å². The van der Waals surface area contributed by atoms with Crippen molar-refractivity contribution >= 4 is 17.6 Å². The Kier molecular flexibility index (Phi) is 4.97. The van der Waals surface area contributed by atoms with E-state index in [-0.39, 0.29) is 29.0 Å². The van der Waals surface area contributed by atoms with Crippen LogP contribution >= 0.6 is 11.6 Å². The Morgan fingerprint density at radius 2 is 1.88 bits per heavy atom. The lowest BCUT2D eigenvalue weighted by Crippen LogP contribution is -2.51. The van der Waals surface area contributed by atoms with Gasteiger partial charge in [-0.15, -0.1) is 0 Å². The lowest BCUT2D eigenvalue weighted by atomic mass is 9.53. The molecule has 6 heteroatoms. The Morgan fingerprint density at radius 3 is 2.56 bits per heavy atom. The van der Waals surface area contributed by atoms with Crippen molar-refractivity contribution in [2.24, 2.45) is 23.2 Å². The molecular weight excluding hydrogens is 426 g/mol. The van der Waals surface area contributed by atoms with Gasteiger partial charge >= 0.3 is 5.97 Å². The Morgan fingerprint density at radius 1 is 1.16 bits per heavy atom. The van der Waals surface area contributed by atoms with Gasteiger partial charge in [-0.1, -0.05) is 30.7 Å². The summed E-state index contributed by atoms with van der Waals surface area (Å²) in [6, 6.07) is 7.54. The van der Waals surface area contributed by atoms with Gasteiger partial charge in [0.15, 0.2) is 0 Å². The zero-order chi connectivity index (χ0) is 22.1. The highest BCUT2D eigenvalue weighted by Gasteiger charge is 2.65. The van der Waals surface area contributed by atoms with Gasteiger partial charge in [0.2, 0.25) is 0 Å². The monoisotopic (exact) mass is 459 g/mol. The second kappa shape index (κ2) is 7.43. The first-order chi connectivity index (χ1) is 15.3. The van der Waals surface area contributed by atoms with Crippen LogP contribution in [0.25, 0.3) is 0 Å². The van der Waals surface area contributed by atoms with E-state index < -0.39 is 5.60 Å². The zero-order valence-electron chi connectivity index (χ0n) is 18.9. The minimum atomic E-state index is -0.815. The molecule has 3 saturated heterocycles. The summed E-state index contributed by atoms with van der Waals surface area (Å²) in [5.74, 6) is 0.797. The largest absolute Gasteiger partial charge is 0.462 e. The Hall–Kier alpha value is -1.14. The van der Waals surface area contributed by atoms with Crippen LogP contribution in [-0.2, 0) is 19.9 Å². The van der Waals surface area contributed by atoms with Gasteiger partial charge in [-0.2, -0.15) is 0 Å². The van der Waals surface area contributed by atoms with E-state index in [0.717, 1.165) is 44.6 Å². The van der Waals surface area contributed by atoms with Gasteiger partial charge in [-0.05, 0) is 74.0 Å². The van der Waals surface area contributed by atoms with Crippen LogP contribution in [0.4, 0.5) is 0 Å². The minimum absolute atomic E-state index is 0.00783. The van der Waals surface area contributed by atoms with Crippen molar-refractivity contribution in [2.75, 3.05) is 26.2 Å². The molecule has 174 valence electrons. The molecule has 0 radical (unpaired) electrons. The van der Waals surface area contributed by atoms with Crippen molar-refractivity contribution in [1.29, 1.82) is 0 Å². The van der Waals surface area contributed by atoms with Gasteiger partial charge in [0.25, 0.3) is 0 Å². The number of hydrogen-bond acceptors (Lipinski definition) is 5. The lowest BCUT2D eigenvalue weighted by Gasteiger charge is -2.51. The summed E-state index contributed by atoms with van der Waals surface area (Å²) in [5.41, 5.74) is 0.449. The number of esters is 1. The van der Waals surface area contributed by atoms with Crippen molar-refractivity contribution in [3.8, 4) is 0 Å². The summed E-state index contributed by atoms with van der Waals surface area (Å²) in [6.07, 6.45) is 7.09. The molecule has 1 N–H and O–H groups in total. The van der Waals surface area contributed by atoms with Gasteiger partial charge in [0.05, 0.1) is 23.7 Å². The summed E-state index contributed by atoms with van der Waals surface area (Å²) in [6.45, 7) is 5.62. The molecule has 32 heavy (non-hydrogen) atoms. The van der Waals surface area contributed by atoms with Gasteiger partial charge in [0.1, 0.15) is 6.10 Å².